The zero-order valence-electron chi connectivity index (χ0n) is 9.07. The minimum atomic E-state index is -0.822. The van der Waals surface area contributed by atoms with E-state index in [0.717, 1.165) is 12.1 Å². The Hall–Kier alpha value is -1.05. The van der Waals surface area contributed by atoms with Crippen LogP contribution in [0.2, 0.25) is 0 Å². The average Bonchev–Trinajstić information content (AvgIpc) is 2.31. The van der Waals surface area contributed by atoms with Gasteiger partial charge in [-0.2, -0.15) is 11.1 Å². The van der Waals surface area contributed by atoms with E-state index < -0.39 is 8.11 Å². The molecule has 0 heterocycles. The maximum Gasteiger partial charge on any atom is 0.174 e. The Balaban J connectivity index is 1.92. The highest BCUT2D eigenvalue weighted by Gasteiger charge is 2.09. The van der Waals surface area contributed by atoms with E-state index in [2.05, 4.69) is 48.5 Å². The molecule has 0 fully saturated rings. The molecule has 0 amide bonds. The van der Waals surface area contributed by atoms with Crippen LogP contribution < -0.4 is 0 Å². The van der Waals surface area contributed by atoms with Crippen molar-refractivity contribution in [1.29, 1.82) is 0 Å². The van der Waals surface area contributed by atoms with Crippen LogP contribution in [-0.4, -0.2) is 8.11 Å². The number of benzene rings is 2. The lowest BCUT2D eigenvalue weighted by Crippen LogP contribution is -2.13. The molecule has 16 heavy (non-hydrogen) atoms. The highest BCUT2D eigenvalue weighted by Crippen LogP contribution is 2.10. The van der Waals surface area contributed by atoms with Crippen molar-refractivity contribution in [2.75, 3.05) is 0 Å². The van der Waals surface area contributed by atoms with E-state index in [1.165, 1.54) is 11.1 Å². The standard InChI is InChI=1S/C14H14ClSi/c15-16(11-13-7-3-1-4-8-13)12-14-9-5-2-6-10-14/h1-10H,11-12H2. The molecule has 0 nitrogen and oxygen atoms in total. The van der Waals surface area contributed by atoms with Crippen LogP contribution in [0.15, 0.2) is 60.7 Å². The molecule has 0 aliphatic rings. The topological polar surface area (TPSA) is 0 Å². The molecule has 0 unspecified atom stereocenters. The molecule has 0 saturated carbocycles. The molecule has 0 aromatic heterocycles. The minimum Gasteiger partial charge on any atom is -0.168 e. The van der Waals surface area contributed by atoms with Gasteiger partial charge in [0.15, 0.2) is 8.11 Å². The van der Waals surface area contributed by atoms with Gasteiger partial charge < -0.3 is 0 Å². The largest absolute Gasteiger partial charge is 0.174 e. The second kappa shape index (κ2) is 5.88. The van der Waals surface area contributed by atoms with E-state index in [1.807, 2.05) is 12.1 Å². The first-order valence-electron chi connectivity index (χ1n) is 5.42. The molecular formula is C14H14ClSi. The van der Waals surface area contributed by atoms with E-state index >= 15 is 0 Å². The summed E-state index contributed by atoms with van der Waals surface area (Å²) in [6.07, 6.45) is 0. The Morgan fingerprint density at radius 1 is 0.688 bits per heavy atom. The van der Waals surface area contributed by atoms with Gasteiger partial charge in [-0.15, -0.1) is 0 Å². The molecule has 0 atom stereocenters. The highest BCUT2D eigenvalue weighted by atomic mass is 35.6. The fraction of sp³-hybridized carbons (Fsp3) is 0.143. The van der Waals surface area contributed by atoms with Crippen LogP contribution in [-0.2, 0) is 12.1 Å². The van der Waals surface area contributed by atoms with E-state index in [9.17, 15) is 0 Å². The Kier molecular flexibility index (Phi) is 4.20. The predicted molar refractivity (Wildman–Crippen MR) is 71.9 cm³/mol. The zero-order chi connectivity index (χ0) is 11.2. The van der Waals surface area contributed by atoms with Gasteiger partial charge in [-0.1, -0.05) is 60.7 Å². The van der Waals surface area contributed by atoms with Crippen LogP contribution in [0.3, 0.4) is 0 Å². The van der Waals surface area contributed by atoms with Crippen molar-refractivity contribution in [1.82, 2.24) is 0 Å². The molecule has 0 bridgehead atoms. The summed E-state index contributed by atoms with van der Waals surface area (Å²) in [4.78, 5) is 0. The molecule has 0 spiro atoms. The molecule has 2 heteroatoms. The van der Waals surface area contributed by atoms with Crippen molar-refractivity contribution in [3.05, 3.63) is 71.8 Å². The van der Waals surface area contributed by atoms with Crippen LogP contribution in [0, 0.1) is 0 Å². The van der Waals surface area contributed by atoms with Gasteiger partial charge in [0.25, 0.3) is 0 Å². The fourth-order valence-corrected chi connectivity index (χ4v) is 4.11. The van der Waals surface area contributed by atoms with Gasteiger partial charge in [0, 0.05) is 0 Å². The zero-order valence-corrected chi connectivity index (χ0v) is 10.8. The van der Waals surface area contributed by atoms with Crippen LogP contribution >= 0.6 is 11.1 Å². The van der Waals surface area contributed by atoms with Crippen molar-refractivity contribution in [2.24, 2.45) is 0 Å². The first kappa shape index (κ1) is 11.4. The van der Waals surface area contributed by atoms with Crippen LogP contribution in [0.25, 0.3) is 0 Å². The SMILES string of the molecule is Cl[Si](Cc1ccccc1)Cc1ccccc1. The Morgan fingerprint density at radius 2 is 1.06 bits per heavy atom. The number of hydrogen-bond donors (Lipinski definition) is 0. The molecule has 2 rings (SSSR count). The second-order valence-electron chi connectivity index (χ2n) is 3.84. The van der Waals surface area contributed by atoms with Crippen LogP contribution in [0.1, 0.15) is 11.1 Å². The Bertz CT molecular complexity index is 372. The third kappa shape index (κ3) is 3.51. The summed E-state index contributed by atoms with van der Waals surface area (Å²) in [5, 5.41) is 0. The summed E-state index contributed by atoms with van der Waals surface area (Å²) >= 11 is 6.45. The molecule has 1 radical (unpaired) electrons. The lowest BCUT2D eigenvalue weighted by Gasteiger charge is -2.07. The summed E-state index contributed by atoms with van der Waals surface area (Å²) in [6, 6.07) is 23.0. The fourth-order valence-electron chi connectivity index (χ4n) is 1.70. The van der Waals surface area contributed by atoms with Crippen molar-refractivity contribution >= 4 is 19.2 Å². The van der Waals surface area contributed by atoms with Gasteiger partial charge in [-0.3, -0.25) is 0 Å². The summed E-state index contributed by atoms with van der Waals surface area (Å²) < 4.78 is 0. The predicted octanol–water partition coefficient (Wildman–Crippen LogP) is 3.78. The van der Waals surface area contributed by atoms with Crippen LogP contribution in [0.4, 0.5) is 0 Å². The first-order chi connectivity index (χ1) is 7.84. The lowest BCUT2D eigenvalue weighted by atomic mass is 10.2. The normalized spacial score (nSPS) is 10.6. The van der Waals surface area contributed by atoms with E-state index in [4.69, 9.17) is 11.1 Å². The molecule has 0 saturated heterocycles. The van der Waals surface area contributed by atoms with Crippen molar-refractivity contribution in [3.8, 4) is 0 Å². The van der Waals surface area contributed by atoms with Gasteiger partial charge in [-0.05, 0) is 23.2 Å². The van der Waals surface area contributed by atoms with E-state index in [-0.39, 0.29) is 0 Å². The molecule has 2 aromatic carbocycles. The lowest BCUT2D eigenvalue weighted by molar-refractivity contribution is 1.29. The van der Waals surface area contributed by atoms with Gasteiger partial charge in [-0.25, -0.2) is 0 Å². The van der Waals surface area contributed by atoms with Crippen LogP contribution in [0.5, 0.6) is 0 Å². The smallest absolute Gasteiger partial charge is 0.168 e. The van der Waals surface area contributed by atoms with Gasteiger partial charge in [0.2, 0.25) is 0 Å². The molecule has 0 aliphatic carbocycles. The Morgan fingerprint density at radius 3 is 1.44 bits per heavy atom. The average molecular weight is 246 g/mol. The minimum absolute atomic E-state index is 0.822. The summed E-state index contributed by atoms with van der Waals surface area (Å²) in [6.45, 7) is 0. The van der Waals surface area contributed by atoms with Crippen molar-refractivity contribution in [3.63, 3.8) is 0 Å². The third-order valence-corrected chi connectivity index (χ3v) is 4.86. The first-order valence-corrected chi connectivity index (χ1v) is 8.35. The maximum atomic E-state index is 6.45. The van der Waals surface area contributed by atoms with Crippen molar-refractivity contribution in [2.45, 2.75) is 12.1 Å². The quantitative estimate of drug-likeness (QED) is 0.568. The number of halogens is 1. The molecule has 0 N–H and O–H groups in total. The molecule has 2 aromatic rings. The highest BCUT2D eigenvalue weighted by molar-refractivity contribution is 7.06. The second-order valence-corrected chi connectivity index (χ2v) is 7.19. The Labute approximate surface area is 103 Å². The third-order valence-electron chi connectivity index (χ3n) is 2.48. The molecular weight excluding hydrogens is 232 g/mol. The summed E-state index contributed by atoms with van der Waals surface area (Å²) in [5.74, 6) is 0. The van der Waals surface area contributed by atoms with Gasteiger partial charge >= 0.3 is 0 Å². The number of hydrogen-bond acceptors (Lipinski definition) is 0. The maximum absolute atomic E-state index is 6.45. The monoisotopic (exact) mass is 245 g/mol. The van der Waals surface area contributed by atoms with Crippen molar-refractivity contribution < 1.29 is 0 Å². The van der Waals surface area contributed by atoms with Gasteiger partial charge in [0.1, 0.15) is 0 Å². The molecule has 0 aliphatic heterocycles. The van der Waals surface area contributed by atoms with E-state index in [1.54, 1.807) is 0 Å². The summed E-state index contributed by atoms with van der Waals surface area (Å²) in [5.41, 5.74) is 2.70. The number of rotatable bonds is 4. The van der Waals surface area contributed by atoms with Gasteiger partial charge in [0.05, 0.1) is 0 Å². The summed E-state index contributed by atoms with van der Waals surface area (Å²) in [7, 11) is -0.822. The van der Waals surface area contributed by atoms with E-state index in [0.29, 0.717) is 0 Å². The molecule has 81 valence electrons.